The minimum absolute atomic E-state index is 0.377. The van der Waals surface area contributed by atoms with Gasteiger partial charge < -0.3 is 20.7 Å². The molecule has 4 rings (SSSR count). The number of aliphatic imine (C=N–C) groups is 1. The molecular formula is C20H27N7O. The second-order valence-corrected chi connectivity index (χ2v) is 7.24. The molecule has 1 aromatic heterocycles. The first-order chi connectivity index (χ1) is 13.6. The summed E-state index contributed by atoms with van der Waals surface area (Å²) in [4.78, 5) is 4.65. The summed E-state index contributed by atoms with van der Waals surface area (Å²) in [6.45, 7) is 2.01. The fourth-order valence-electron chi connectivity index (χ4n) is 3.58. The summed E-state index contributed by atoms with van der Waals surface area (Å²) in [5, 5.41) is 14.8. The molecule has 148 valence electrons. The van der Waals surface area contributed by atoms with E-state index in [0.29, 0.717) is 6.04 Å². The van der Waals surface area contributed by atoms with Gasteiger partial charge in [0.2, 0.25) is 5.79 Å². The minimum atomic E-state index is -1.05. The average Bonchev–Trinajstić information content (AvgIpc) is 3.15. The number of ether oxygens (including phenoxy) is 1. The molecule has 0 amide bonds. The van der Waals surface area contributed by atoms with Crippen LogP contribution in [0.3, 0.4) is 0 Å². The Bertz CT molecular complexity index is 880. The second kappa shape index (κ2) is 7.65. The van der Waals surface area contributed by atoms with Gasteiger partial charge in [0.25, 0.3) is 0 Å². The molecule has 1 aromatic carbocycles. The molecule has 0 spiro atoms. The van der Waals surface area contributed by atoms with Gasteiger partial charge in [-0.15, -0.1) is 0 Å². The van der Waals surface area contributed by atoms with Crippen LogP contribution < -0.4 is 26.4 Å². The molecule has 5 N–H and O–H groups in total. The summed E-state index contributed by atoms with van der Waals surface area (Å²) < 4.78 is 7.04. The van der Waals surface area contributed by atoms with Gasteiger partial charge in [-0.05, 0) is 50.2 Å². The van der Waals surface area contributed by atoms with Gasteiger partial charge in [-0.3, -0.25) is 10.4 Å². The Morgan fingerprint density at radius 2 is 2.00 bits per heavy atom. The zero-order valence-electron chi connectivity index (χ0n) is 16.3. The molecule has 0 radical (unpaired) electrons. The number of rotatable bonds is 5. The quantitative estimate of drug-likeness (QED) is 0.613. The van der Waals surface area contributed by atoms with Gasteiger partial charge in [0.15, 0.2) is 0 Å². The predicted octanol–water partition coefficient (Wildman–Crippen LogP) is 0.882. The maximum absolute atomic E-state index is 6.66. The van der Waals surface area contributed by atoms with Crippen LogP contribution in [0.5, 0.6) is 5.75 Å². The highest BCUT2D eigenvalue weighted by atomic mass is 16.5. The molecule has 0 aliphatic carbocycles. The molecule has 1 saturated heterocycles. The molecule has 1 atom stereocenters. The van der Waals surface area contributed by atoms with Crippen molar-refractivity contribution < 1.29 is 4.74 Å². The number of hydrogen-bond donors (Lipinski definition) is 4. The molecule has 1 fully saturated rings. The molecule has 2 aromatic rings. The number of aryl methyl sites for hydroxylation is 1. The third kappa shape index (κ3) is 3.74. The van der Waals surface area contributed by atoms with Crippen molar-refractivity contribution in [2.45, 2.75) is 24.7 Å². The lowest BCUT2D eigenvalue weighted by molar-refractivity contribution is 0.349. The van der Waals surface area contributed by atoms with Crippen molar-refractivity contribution >= 4 is 11.8 Å². The fourth-order valence-corrected chi connectivity index (χ4v) is 3.58. The van der Waals surface area contributed by atoms with Gasteiger partial charge in [-0.25, -0.2) is 4.99 Å². The van der Waals surface area contributed by atoms with Crippen molar-refractivity contribution in [3.63, 3.8) is 0 Å². The van der Waals surface area contributed by atoms with E-state index in [1.54, 1.807) is 11.8 Å². The maximum Gasteiger partial charge on any atom is 0.210 e. The van der Waals surface area contributed by atoms with Crippen molar-refractivity contribution in [1.82, 2.24) is 25.7 Å². The molecule has 3 heterocycles. The van der Waals surface area contributed by atoms with Crippen LogP contribution in [0.25, 0.3) is 5.57 Å². The van der Waals surface area contributed by atoms with E-state index in [4.69, 9.17) is 10.5 Å². The number of aromatic nitrogens is 2. The lowest BCUT2D eigenvalue weighted by Gasteiger charge is -2.36. The van der Waals surface area contributed by atoms with Crippen LogP contribution in [0.1, 0.15) is 24.0 Å². The first-order valence-electron chi connectivity index (χ1n) is 9.55. The third-order valence-corrected chi connectivity index (χ3v) is 5.22. The number of piperidine rings is 1. The second-order valence-electron chi connectivity index (χ2n) is 7.24. The molecular weight excluding hydrogens is 354 g/mol. The highest BCUT2D eigenvalue weighted by molar-refractivity contribution is 6.11. The first kappa shape index (κ1) is 18.5. The van der Waals surface area contributed by atoms with E-state index in [2.05, 4.69) is 26.0 Å². The minimum Gasteiger partial charge on any atom is -0.497 e. The van der Waals surface area contributed by atoms with Crippen molar-refractivity contribution in [1.29, 1.82) is 0 Å². The van der Waals surface area contributed by atoms with Crippen LogP contribution in [-0.2, 0) is 12.8 Å². The highest BCUT2D eigenvalue weighted by Gasteiger charge is 2.32. The summed E-state index contributed by atoms with van der Waals surface area (Å²) in [6.07, 6.45) is 7.76. The number of hydrogen-bond acceptors (Lipinski definition) is 7. The molecule has 1 unspecified atom stereocenters. The van der Waals surface area contributed by atoms with E-state index in [1.807, 2.05) is 49.9 Å². The average molecular weight is 381 g/mol. The largest absolute Gasteiger partial charge is 0.497 e. The normalized spacial score (nSPS) is 22.8. The van der Waals surface area contributed by atoms with Crippen LogP contribution in [0.15, 0.2) is 47.5 Å². The van der Waals surface area contributed by atoms with Gasteiger partial charge >= 0.3 is 0 Å². The molecule has 8 nitrogen and oxygen atoms in total. The SMILES string of the molecule is COc1ccc(C2(N)N=CC(c3cnn(C)c3)=C(NC3CCNCC3)N2)cc1. The van der Waals surface area contributed by atoms with Crippen LogP contribution >= 0.6 is 0 Å². The van der Waals surface area contributed by atoms with Crippen LogP contribution in [0, 0.1) is 0 Å². The number of nitrogens with two attached hydrogens (primary N) is 1. The van der Waals surface area contributed by atoms with Gasteiger partial charge in [0, 0.05) is 42.2 Å². The van der Waals surface area contributed by atoms with Crippen molar-refractivity contribution in [3.05, 3.63) is 53.6 Å². The number of nitrogens with zero attached hydrogens (tertiary/aromatic N) is 3. The van der Waals surface area contributed by atoms with E-state index < -0.39 is 5.79 Å². The number of allylic oxidation sites excluding steroid dienone is 1. The van der Waals surface area contributed by atoms with Gasteiger partial charge in [0.05, 0.1) is 13.3 Å². The molecule has 2 aliphatic heterocycles. The molecule has 0 bridgehead atoms. The Balaban J connectivity index is 1.66. The van der Waals surface area contributed by atoms with Crippen LogP contribution in [0.4, 0.5) is 0 Å². The Hall–Kier alpha value is -2.84. The summed E-state index contributed by atoms with van der Waals surface area (Å²) >= 11 is 0. The lowest BCUT2D eigenvalue weighted by atomic mass is 10.0. The Morgan fingerprint density at radius 1 is 1.25 bits per heavy atom. The number of nitrogens with one attached hydrogen (secondary N) is 3. The highest BCUT2D eigenvalue weighted by Crippen LogP contribution is 2.27. The standard InChI is InChI=1S/C20H27N7O/c1-27-13-14(11-24-27)18-12-23-20(21,15-3-5-17(28-2)6-4-15)26-19(18)25-16-7-9-22-10-8-16/h3-6,11-13,16,22,25-26H,7-10,21H2,1-2H3. The molecule has 2 aliphatic rings. The smallest absolute Gasteiger partial charge is 0.210 e. The van der Waals surface area contributed by atoms with Crippen LogP contribution in [-0.4, -0.2) is 42.2 Å². The van der Waals surface area contributed by atoms with Crippen molar-refractivity contribution in [2.24, 2.45) is 17.8 Å². The number of benzene rings is 1. The third-order valence-electron chi connectivity index (χ3n) is 5.22. The lowest BCUT2D eigenvalue weighted by Crippen LogP contribution is -2.54. The van der Waals surface area contributed by atoms with E-state index in [0.717, 1.165) is 54.2 Å². The molecule has 8 heteroatoms. The summed E-state index contributed by atoms with van der Waals surface area (Å²) in [6, 6.07) is 8.02. The van der Waals surface area contributed by atoms with E-state index in [-0.39, 0.29) is 0 Å². The van der Waals surface area contributed by atoms with Gasteiger partial charge in [-0.1, -0.05) is 0 Å². The van der Waals surface area contributed by atoms with E-state index in [9.17, 15) is 0 Å². The van der Waals surface area contributed by atoms with Gasteiger partial charge in [-0.2, -0.15) is 5.10 Å². The topological polar surface area (TPSA) is 102 Å². The molecule has 0 saturated carbocycles. The zero-order chi connectivity index (χ0) is 19.6. The van der Waals surface area contributed by atoms with E-state index in [1.165, 1.54) is 0 Å². The van der Waals surface area contributed by atoms with Crippen molar-refractivity contribution in [2.75, 3.05) is 20.2 Å². The number of methoxy groups -OCH3 is 1. The van der Waals surface area contributed by atoms with Crippen molar-refractivity contribution in [3.8, 4) is 5.75 Å². The predicted molar refractivity (Wildman–Crippen MR) is 110 cm³/mol. The van der Waals surface area contributed by atoms with Crippen LogP contribution in [0.2, 0.25) is 0 Å². The first-order valence-corrected chi connectivity index (χ1v) is 9.55. The fraction of sp³-hybridized carbons (Fsp3) is 0.400. The summed E-state index contributed by atoms with van der Waals surface area (Å²) in [5.74, 6) is 0.618. The zero-order valence-corrected chi connectivity index (χ0v) is 16.3. The Morgan fingerprint density at radius 3 is 2.64 bits per heavy atom. The molecule has 28 heavy (non-hydrogen) atoms. The monoisotopic (exact) mass is 381 g/mol. The van der Waals surface area contributed by atoms with E-state index >= 15 is 0 Å². The summed E-state index contributed by atoms with van der Waals surface area (Å²) in [5.41, 5.74) is 9.47. The Labute approximate surface area is 164 Å². The van der Waals surface area contributed by atoms with Gasteiger partial charge in [0.1, 0.15) is 11.6 Å². The Kier molecular flexibility index (Phi) is 5.06. The summed E-state index contributed by atoms with van der Waals surface area (Å²) in [7, 11) is 3.55. The maximum atomic E-state index is 6.66.